The number of likely N-dealkylation sites (tertiary alicyclic amines) is 1. The first kappa shape index (κ1) is 20.6. The van der Waals surface area contributed by atoms with E-state index in [2.05, 4.69) is 29.1 Å². The van der Waals surface area contributed by atoms with Crippen molar-refractivity contribution in [1.29, 1.82) is 0 Å². The number of carbonyl (C=O) groups excluding carboxylic acids is 1. The SMILES string of the molecule is CC[C@H](C)[C@@H](NC(=O)C1CCN(CC(F)(F)F)CC1)c1nc2ccccc2[nH]1. The highest BCUT2D eigenvalue weighted by Gasteiger charge is 2.34. The summed E-state index contributed by atoms with van der Waals surface area (Å²) in [6.45, 7) is 3.79. The summed E-state index contributed by atoms with van der Waals surface area (Å²) in [5, 5.41) is 3.10. The van der Waals surface area contributed by atoms with E-state index >= 15 is 0 Å². The Morgan fingerprint density at radius 1 is 1.32 bits per heavy atom. The molecule has 2 heterocycles. The lowest BCUT2D eigenvalue weighted by molar-refractivity contribution is -0.149. The van der Waals surface area contributed by atoms with Crippen LogP contribution in [-0.4, -0.2) is 46.6 Å². The zero-order valence-electron chi connectivity index (χ0n) is 16.2. The number of fused-ring (bicyclic) bond motifs is 1. The summed E-state index contributed by atoms with van der Waals surface area (Å²) in [7, 11) is 0. The number of aromatic amines is 1. The number of H-pyrrole nitrogens is 1. The zero-order valence-corrected chi connectivity index (χ0v) is 16.2. The molecule has 0 bridgehead atoms. The molecule has 0 aliphatic carbocycles. The molecule has 1 amide bonds. The summed E-state index contributed by atoms with van der Waals surface area (Å²) in [5.74, 6) is 0.533. The van der Waals surface area contributed by atoms with E-state index in [1.807, 2.05) is 24.3 Å². The second-order valence-corrected chi connectivity index (χ2v) is 7.68. The Kier molecular flexibility index (Phi) is 6.27. The highest BCUT2D eigenvalue weighted by atomic mass is 19.4. The maximum absolute atomic E-state index is 12.8. The number of aromatic nitrogens is 2. The number of amides is 1. The van der Waals surface area contributed by atoms with E-state index in [0.717, 1.165) is 23.3 Å². The fourth-order valence-corrected chi connectivity index (χ4v) is 3.71. The number of nitrogens with zero attached hydrogens (tertiary/aromatic N) is 2. The van der Waals surface area contributed by atoms with Crippen LogP contribution in [0.15, 0.2) is 24.3 Å². The van der Waals surface area contributed by atoms with Gasteiger partial charge in [-0.25, -0.2) is 4.98 Å². The minimum Gasteiger partial charge on any atom is -0.346 e. The molecule has 28 heavy (non-hydrogen) atoms. The number of benzene rings is 1. The molecule has 1 aliphatic rings. The van der Waals surface area contributed by atoms with Gasteiger partial charge in [0.15, 0.2) is 0 Å². The molecule has 1 aromatic heterocycles. The number of alkyl halides is 3. The van der Waals surface area contributed by atoms with Gasteiger partial charge in [-0.05, 0) is 44.0 Å². The highest BCUT2D eigenvalue weighted by molar-refractivity contribution is 5.79. The van der Waals surface area contributed by atoms with Crippen LogP contribution in [0, 0.1) is 11.8 Å². The summed E-state index contributed by atoms with van der Waals surface area (Å²) in [6, 6.07) is 7.45. The van der Waals surface area contributed by atoms with Gasteiger partial charge in [0.05, 0.1) is 23.6 Å². The van der Waals surface area contributed by atoms with Crippen LogP contribution in [-0.2, 0) is 4.79 Å². The van der Waals surface area contributed by atoms with Crippen LogP contribution >= 0.6 is 0 Å². The number of halogens is 3. The molecule has 154 valence electrons. The molecule has 8 heteroatoms. The molecule has 5 nitrogen and oxygen atoms in total. The normalized spacial score (nSPS) is 18.9. The number of nitrogens with one attached hydrogen (secondary N) is 2. The van der Waals surface area contributed by atoms with Crippen molar-refractivity contribution in [3.05, 3.63) is 30.1 Å². The van der Waals surface area contributed by atoms with Crippen molar-refractivity contribution < 1.29 is 18.0 Å². The van der Waals surface area contributed by atoms with Gasteiger partial charge in [0, 0.05) is 5.92 Å². The molecule has 0 radical (unpaired) electrons. The molecule has 1 saturated heterocycles. The Morgan fingerprint density at radius 2 is 2.00 bits per heavy atom. The number of piperidine rings is 1. The Hall–Kier alpha value is -2.09. The first-order valence-electron chi connectivity index (χ1n) is 9.81. The average Bonchev–Trinajstić information content (AvgIpc) is 3.08. The first-order chi connectivity index (χ1) is 13.3. The zero-order chi connectivity index (χ0) is 20.3. The van der Waals surface area contributed by atoms with Crippen molar-refractivity contribution in [2.75, 3.05) is 19.6 Å². The van der Waals surface area contributed by atoms with E-state index in [1.54, 1.807) is 0 Å². The van der Waals surface area contributed by atoms with Crippen LogP contribution in [0.1, 0.15) is 45.0 Å². The minimum absolute atomic E-state index is 0.0996. The molecule has 2 atom stereocenters. The second-order valence-electron chi connectivity index (χ2n) is 7.68. The first-order valence-corrected chi connectivity index (χ1v) is 9.81. The smallest absolute Gasteiger partial charge is 0.346 e. The molecule has 1 fully saturated rings. The number of rotatable bonds is 6. The fraction of sp³-hybridized carbons (Fsp3) is 0.600. The van der Waals surface area contributed by atoms with Crippen LogP contribution in [0.3, 0.4) is 0 Å². The maximum atomic E-state index is 12.8. The lowest BCUT2D eigenvalue weighted by atomic mass is 9.93. The van der Waals surface area contributed by atoms with Crippen molar-refractivity contribution in [1.82, 2.24) is 20.2 Å². The average molecular weight is 396 g/mol. The van der Waals surface area contributed by atoms with Gasteiger partial charge >= 0.3 is 6.18 Å². The largest absolute Gasteiger partial charge is 0.401 e. The molecule has 1 aromatic carbocycles. The molecule has 0 saturated carbocycles. The molecular formula is C20H27F3N4O. The predicted octanol–water partition coefficient (Wildman–Crippen LogP) is 4.04. The van der Waals surface area contributed by atoms with Gasteiger partial charge in [0.2, 0.25) is 5.91 Å². The van der Waals surface area contributed by atoms with E-state index < -0.39 is 12.7 Å². The molecule has 2 N–H and O–H groups in total. The van der Waals surface area contributed by atoms with Gasteiger partial charge in [-0.2, -0.15) is 13.2 Å². The summed E-state index contributed by atoms with van der Waals surface area (Å²) in [5.41, 5.74) is 1.76. The monoisotopic (exact) mass is 396 g/mol. The van der Waals surface area contributed by atoms with E-state index in [1.165, 1.54) is 4.90 Å². The lowest BCUT2D eigenvalue weighted by Gasteiger charge is -2.33. The third kappa shape index (κ3) is 5.04. The van der Waals surface area contributed by atoms with Gasteiger partial charge in [-0.3, -0.25) is 9.69 Å². The van der Waals surface area contributed by atoms with E-state index in [9.17, 15) is 18.0 Å². The Bertz CT molecular complexity index is 763. The number of hydrogen-bond donors (Lipinski definition) is 2. The van der Waals surface area contributed by atoms with Crippen LogP contribution in [0.2, 0.25) is 0 Å². The van der Waals surface area contributed by atoms with Crippen molar-refractivity contribution in [2.45, 2.75) is 45.3 Å². The predicted molar refractivity (Wildman–Crippen MR) is 102 cm³/mol. The summed E-state index contributed by atoms with van der Waals surface area (Å²) >= 11 is 0. The minimum atomic E-state index is -4.20. The number of imidazole rings is 1. The molecule has 1 aliphatic heterocycles. The van der Waals surface area contributed by atoms with Gasteiger partial charge < -0.3 is 10.3 Å². The van der Waals surface area contributed by atoms with Gasteiger partial charge in [-0.15, -0.1) is 0 Å². The maximum Gasteiger partial charge on any atom is 0.401 e. The van der Waals surface area contributed by atoms with Gasteiger partial charge in [0.25, 0.3) is 0 Å². The molecule has 3 rings (SSSR count). The van der Waals surface area contributed by atoms with Gasteiger partial charge in [0.1, 0.15) is 5.82 Å². The Labute approximate surface area is 162 Å². The fourth-order valence-electron chi connectivity index (χ4n) is 3.71. The highest BCUT2D eigenvalue weighted by Crippen LogP contribution is 2.27. The third-order valence-electron chi connectivity index (χ3n) is 5.57. The van der Waals surface area contributed by atoms with Crippen molar-refractivity contribution in [2.24, 2.45) is 11.8 Å². The van der Waals surface area contributed by atoms with Crippen LogP contribution in [0.4, 0.5) is 13.2 Å². The number of hydrogen-bond acceptors (Lipinski definition) is 3. The van der Waals surface area contributed by atoms with E-state index in [0.29, 0.717) is 12.8 Å². The van der Waals surface area contributed by atoms with E-state index in [-0.39, 0.29) is 36.9 Å². The Balaban J connectivity index is 1.66. The third-order valence-corrected chi connectivity index (χ3v) is 5.57. The summed E-state index contributed by atoms with van der Waals surface area (Å²) < 4.78 is 37.6. The summed E-state index contributed by atoms with van der Waals surface area (Å²) in [4.78, 5) is 22.1. The van der Waals surface area contributed by atoms with Crippen molar-refractivity contribution in [3.63, 3.8) is 0 Å². The second kappa shape index (κ2) is 8.51. The van der Waals surface area contributed by atoms with Crippen molar-refractivity contribution >= 4 is 16.9 Å². The molecular weight excluding hydrogens is 369 g/mol. The molecule has 0 spiro atoms. The van der Waals surface area contributed by atoms with Crippen molar-refractivity contribution in [3.8, 4) is 0 Å². The lowest BCUT2D eigenvalue weighted by Crippen LogP contribution is -2.45. The number of carbonyl (C=O) groups is 1. The summed E-state index contributed by atoms with van der Waals surface area (Å²) in [6.07, 6.45) is -2.45. The number of para-hydroxylation sites is 2. The van der Waals surface area contributed by atoms with Crippen LogP contribution in [0.25, 0.3) is 11.0 Å². The topological polar surface area (TPSA) is 61.0 Å². The van der Waals surface area contributed by atoms with Gasteiger partial charge in [-0.1, -0.05) is 32.4 Å². The van der Waals surface area contributed by atoms with Crippen LogP contribution in [0.5, 0.6) is 0 Å². The molecule has 2 aromatic rings. The molecule has 0 unspecified atom stereocenters. The van der Waals surface area contributed by atoms with E-state index in [4.69, 9.17) is 0 Å². The van der Waals surface area contributed by atoms with Crippen LogP contribution < -0.4 is 5.32 Å². The Morgan fingerprint density at radius 3 is 2.61 bits per heavy atom. The quantitative estimate of drug-likeness (QED) is 0.775. The standard InChI is InChI=1S/C20H27F3N4O/c1-3-13(2)17(18-24-15-6-4-5-7-16(15)25-18)26-19(28)14-8-10-27(11-9-14)12-20(21,22)23/h4-7,13-14,17H,3,8-12H2,1-2H3,(H,24,25)(H,26,28)/t13-,17+/m0/s1.